The predicted molar refractivity (Wildman–Crippen MR) is 80.6 cm³/mol. The van der Waals surface area contributed by atoms with Crippen LogP contribution in [0.2, 0.25) is 0 Å². The van der Waals surface area contributed by atoms with E-state index in [0.717, 1.165) is 0 Å². The van der Waals surface area contributed by atoms with E-state index in [1.54, 1.807) is 30.4 Å². The van der Waals surface area contributed by atoms with Gasteiger partial charge in [0.25, 0.3) is 0 Å². The molecule has 7 nitrogen and oxygen atoms in total. The monoisotopic (exact) mass is 319 g/mol. The van der Waals surface area contributed by atoms with Crippen LogP contribution in [0, 0.1) is 11.8 Å². The molecule has 2 N–H and O–H groups in total. The molecule has 0 spiro atoms. The van der Waals surface area contributed by atoms with E-state index in [2.05, 4.69) is 5.32 Å². The molecule has 0 saturated carbocycles. The van der Waals surface area contributed by atoms with Crippen molar-refractivity contribution in [2.75, 3.05) is 19.5 Å². The lowest BCUT2D eigenvalue weighted by Gasteiger charge is -2.21. The normalized spacial score (nSPS) is 27.7. The molecule has 2 heterocycles. The second-order valence-corrected chi connectivity index (χ2v) is 5.40. The summed E-state index contributed by atoms with van der Waals surface area (Å²) in [6.45, 7) is 0. The highest BCUT2D eigenvalue weighted by atomic mass is 16.5. The van der Waals surface area contributed by atoms with Gasteiger partial charge in [-0.15, -0.1) is 0 Å². The SMILES string of the molecule is COc1ccc(NC(=O)[C@@H]2[C@@H](C(=O)O)[C@H]3C=C[C@H]2O3)c(OC)c1. The zero-order valence-electron chi connectivity index (χ0n) is 12.7. The number of carbonyl (C=O) groups is 2. The summed E-state index contributed by atoms with van der Waals surface area (Å²) in [5.41, 5.74) is 0.453. The number of amides is 1. The molecule has 2 bridgehead atoms. The minimum Gasteiger partial charge on any atom is -0.497 e. The standard InChI is InChI=1S/C16H17NO6/c1-21-8-3-4-9(12(7-8)22-2)17-15(18)13-10-5-6-11(23-10)14(13)16(19)20/h3-7,10-11,13-14H,1-2H3,(H,17,18)(H,19,20)/t10-,11-,13+,14+/m1/s1. The van der Waals surface area contributed by atoms with Crippen LogP contribution < -0.4 is 14.8 Å². The molecule has 0 aromatic heterocycles. The van der Waals surface area contributed by atoms with Crippen molar-refractivity contribution in [3.8, 4) is 11.5 Å². The van der Waals surface area contributed by atoms with Gasteiger partial charge in [-0.1, -0.05) is 12.2 Å². The Morgan fingerprint density at radius 1 is 1.13 bits per heavy atom. The van der Waals surface area contributed by atoms with E-state index < -0.39 is 35.9 Å². The highest BCUT2D eigenvalue weighted by Crippen LogP contribution is 2.40. The topological polar surface area (TPSA) is 94.1 Å². The summed E-state index contributed by atoms with van der Waals surface area (Å²) >= 11 is 0. The van der Waals surface area contributed by atoms with Gasteiger partial charge >= 0.3 is 5.97 Å². The van der Waals surface area contributed by atoms with Crippen LogP contribution in [0.4, 0.5) is 5.69 Å². The maximum atomic E-state index is 12.6. The Morgan fingerprint density at radius 3 is 2.43 bits per heavy atom. The molecule has 1 saturated heterocycles. The third-order valence-corrected chi connectivity index (χ3v) is 4.15. The summed E-state index contributed by atoms with van der Waals surface area (Å²) in [5.74, 6) is -2.07. The lowest BCUT2D eigenvalue weighted by molar-refractivity contribution is -0.145. The van der Waals surface area contributed by atoms with Gasteiger partial charge < -0.3 is 24.6 Å². The minimum atomic E-state index is -1.04. The quantitative estimate of drug-likeness (QED) is 0.795. The Kier molecular flexibility index (Phi) is 3.96. The first kappa shape index (κ1) is 15.4. The molecule has 0 radical (unpaired) electrons. The molecule has 1 amide bonds. The molecule has 1 aromatic rings. The number of ether oxygens (including phenoxy) is 3. The molecule has 23 heavy (non-hydrogen) atoms. The maximum Gasteiger partial charge on any atom is 0.310 e. The lowest BCUT2D eigenvalue weighted by atomic mass is 9.82. The van der Waals surface area contributed by atoms with E-state index in [4.69, 9.17) is 14.2 Å². The number of carboxylic acids is 1. The second kappa shape index (κ2) is 5.92. The molecule has 0 aliphatic carbocycles. The molecular formula is C16H17NO6. The number of hydrogen-bond acceptors (Lipinski definition) is 5. The molecule has 7 heteroatoms. The van der Waals surface area contributed by atoms with E-state index in [9.17, 15) is 14.7 Å². The molecule has 3 rings (SSSR count). The van der Waals surface area contributed by atoms with Crippen molar-refractivity contribution in [2.24, 2.45) is 11.8 Å². The highest BCUT2D eigenvalue weighted by Gasteiger charge is 2.53. The minimum absolute atomic E-state index is 0.405. The smallest absolute Gasteiger partial charge is 0.310 e. The molecule has 2 aliphatic rings. The van der Waals surface area contributed by atoms with Gasteiger partial charge in [-0.2, -0.15) is 0 Å². The molecule has 4 atom stereocenters. The summed E-state index contributed by atoms with van der Waals surface area (Å²) in [6, 6.07) is 4.97. The number of carboxylic acid groups (broad SMARTS) is 1. The van der Waals surface area contributed by atoms with Crippen LogP contribution in [-0.2, 0) is 14.3 Å². The van der Waals surface area contributed by atoms with Crippen molar-refractivity contribution < 1.29 is 28.9 Å². The van der Waals surface area contributed by atoms with Gasteiger partial charge in [-0.3, -0.25) is 9.59 Å². The lowest BCUT2D eigenvalue weighted by Crippen LogP contribution is -2.39. The summed E-state index contributed by atoms with van der Waals surface area (Å²) in [4.78, 5) is 24.0. The average Bonchev–Trinajstić information content (AvgIpc) is 3.16. The summed E-state index contributed by atoms with van der Waals surface area (Å²) in [7, 11) is 3.01. The van der Waals surface area contributed by atoms with Crippen LogP contribution in [0.1, 0.15) is 0 Å². The molecule has 122 valence electrons. The average molecular weight is 319 g/mol. The fourth-order valence-electron chi connectivity index (χ4n) is 3.03. The molecule has 2 aliphatic heterocycles. The van der Waals surface area contributed by atoms with Gasteiger partial charge in [0.2, 0.25) is 5.91 Å². The fourth-order valence-corrected chi connectivity index (χ4v) is 3.03. The number of benzene rings is 1. The van der Waals surface area contributed by atoms with Crippen LogP contribution >= 0.6 is 0 Å². The summed E-state index contributed by atoms with van der Waals surface area (Å²) in [6.07, 6.45) is 2.37. The van der Waals surface area contributed by atoms with E-state index in [1.165, 1.54) is 14.2 Å². The van der Waals surface area contributed by atoms with Crippen molar-refractivity contribution in [2.45, 2.75) is 12.2 Å². The van der Waals surface area contributed by atoms with Crippen molar-refractivity contribution in [1.82, 2.24) is 0 Å². The predicted octanol–water partition coefficient (Wildman–Crippen LogP) is 1.30. The van der Waals surface area contributed by atoms with Gasteiger partial charge in [0.1, 0.15) is 17.4 Å². The zero-order chi connectivity index (χ0) is 16.6. The van der Waals surface area contributed by atoms with Crippen molar-refractivity contribution >= 4 is 17.6 Å². The second-order valence-electron chi connectivity index (χ2n) is 5.40. The summed E-state index contributed by atoms with van der Waals surface area (Å²) < 4.78 is 15.8. The summed E-state index contributed by atoms with van der Waals surface area (Å²) in [5, 5.41) is 12.1. The largest absolute Gasteiger partial charge is 0.497 e. The highest BCUT2D eigenvalue weighted by molar-refractivity contribution is 5.97. The Hall–Kier alpha value is -2.54. The number of anilines is 1. The van der Waals surface area contributed by atoms with Gasteiger partial charge in [0, 0.05) is 6.07 Å². The van der Waals surface area contributed by atoms with Crippen molar-refractivity contribution in [3.63, 3.8) is 0 Å². The van der Waals surface area contributed by atoms with E-state index in [0.29, 0.717) is 17.2 Å². The zero-order valence-corrected chi connectivity index (χ0v) is 12.7. The van der Waals surface area contributed by atoms with Gasteiger partial charge in [0.05, 0.1) is 38.0 Å². The van der Waals surface area contributed by atoms with E-state index in [1.807, 2.05) is 0 Å². The molecule has 1 aromatic carbocycles. The number of hydrogen-bond donors (Lipinski definition) is 2. The first-order chi connectivity index (χ1) is 11.0. The fraction of sp³-hybridized carbons (Fsp3) is 0.375. The Balaban J connectivity index is 1.82. The Labute approximate surface area is 132 Å². The number of nitrogens with one attached hydrogen (secondary N) is 1. The number of fused-ring (bicyclic) bond motifs is 2. The van der Waals surface area contributed by atoms with Gasteiger partial charge in [-0.05, 0) is 12.1 Å². The van der Waals surface area contributed by atoms with Crippen LogP contribution in [0.5, 0.6) is 11.5 Å². The first-order valence-electron chi connectivity index (χ1n) is 7.14. The van der Waals surface area contributed by atoms with E-state index in [-0.39, 0.29) is 0 Å². The molecule has 1 fully saturated rings. The van der Waals surface area contributed by atoms with Crippen molar-refractivity contribution in [3.05, 3.63) is 30.4 Å². The van der Waals surface area contributed by atoms with Crippen LogP contribution in [-0.4, -0.2) is 43.4 Å². The Morgan fingerprint density at radius 2 is 1.83 bits per heavy atom. The third kappa shape index (κ3) is 2.63. The third-order valence-electron chi connectivity index (χ3n) is 4.15. The van der Waals surface area contributed by atoms with Crippen molar-refractivity contribution in [1.29, 1.82) is 0 Å². The van der Waals surface area contributed by atoms with Crippen LogP contribution in [0.25, 0.3) is 0 Å². The number of rotatable bonds is 5. The number of aliphatic carboxylic acids is 1. The first-order valence-corrected chi connectivity index (χ1v) is 7.14. The number of methoxy groups -OCH3 is 2. The van der Waals surface area contributed by atoms with E-state index >= 15 is 0 Å². The number of carbonyl (C=O) groups excluding carboxylic acids is 1. The van der Waals surface area contributed by atoms with Crippen LogP contribution in [0.15, 0.2) is 30.4 Å². The molecule has 0 unspecified atom stereocenters. The Bertz CT molecular complexity index is 671. The van der Waals surface area contributed by atoms with Gasteiger partial charge in [0.15, 0.2) is 0 Å². The maximum absolute atomic E-state index is 12.6. The van der Waals surface area contributed by atoms with Crippen LogP contribution in [0.3, 0.4) is 0 Å². The molecular weight excluding hydrogens is 302 g/mol. The van der Waals surface area contributed by atoms with Gasteiger partial charge in [-0.25, -0.2) is 0 Å².